The van der Waals surface area contributed by atoms with Crippen LogP contribution in [-0.4, -0.2) is 42.2 Å². The first-order chi connectivity index (χ1) is 7.27. The Morgan fingerprint density at radius 1 is 1.33 bits per heavy atom. The van der Waals surface area contributed by atoms with Crippen molar-refractivity contribution in [3.8, 4) is 0 Å². The lowest BCUT2D eigenvalue weighted by Crippen LogP contribution is -2.48. The fraction of sp³-hybridized carbons (Fsp3) is 0.909. The Hall–Kier alpha value is -0.190. The summed E-state index contributed by atoms with van der Waals surface area (Å²) in [6.07, 6.45) is 4.85. The first kappa shape index (κ1) is 11.3. The molecule has 86 valence electrons. The van der Waals surface area contributed by atoms with Crippen molar-refractivity contribution in [2.45, 2.75) is 31.7 Å². The van der Waals surface area contributed by atoms with E-state index in [1.54, 1.807) is 0 Å². The van der Waals surface area contributed by atoms with Crippen LogP contribution in [0.3, 0.4) is 0 Å². The summed E-state index contributed by atoms with van der Waals surface area (Å²) in [5, 5.41) is 0. The van der Waals surface area contributed by atoms with Crippen LogP contribution in [0.25, 0.3) is 0 Å². The molecule has 2 aliphatic rings. The highest BCUT2D eigenvalue weighted by Crippen LogP contribution is 2.22. The zero-order valence-corrected chi connectivity index (χ0v) is 9.97. The van der Waals surface area contributed by atoms with E-state index in [-0.39, 0.29) is 0 Å². The second-order valence-corrected chi connectivity index (χ2v) is 5.08. The molecule has 2 unspecified atom stereocenters. The third-order valence-electron chi connectivity index (χ3n) is 3.51. The van der Waals surface area contributed by atoms with E-state index in [1.807, 2.05) is 0 Å². The molecule has 0 aromatic rings. The number of rotatable bonds is 2. The normalized spacial score (nSPS) is 33.9. The van der Waals surface area contributed by atoms with Crippen LogP contribution < -0.4 is 5.73 Å². The van der Waals surface area contributed by atoms with Crippen molar-refractivity contribution >= 4 is 17.2 Å². The van der Waals surface area contributed by atoms with Gasteiger partial charge in [-0.05, 0) is 32.2 Å². The van der Waals surface area contributed by atoms with E-state index in [2.05, 4.69) is 4.90 Å². The zero-order chi connectivity index (χ0) is 10.7. The molecule has 3 nitrogen and oxygen atoms in total. The molecule has 2 rings (SSSR count). The number of thiocarbonyl (C=S) groups is 1. The van der Waals surface area contributed by atoms with Gasteiger partial charge in [-0.25, -0.2) is 0 Å². The number of nitrogens with zero attached hydrogens (tertiary/aromatic N) is 1. The average Bonchev–Trinajstić information content (AvgIpc) is 2.30. The number of likely N-dealkylation sites (tertiary alicyclic amines) is 1. The minimum absolute atomic E-state index is 0.427. The van der Waals surface area contributed by atoms with Crippen LogP contribution in [-0.2, 0) is 4.74 Å². The van der Waals surface area contributed by atoms with E-state index in [1.165, 1.54) is 32.2 Å². The first-order valence-electron chi connectivity index (χ1n) is 5.88. The van der Waals surface area contributed by atoms with Gasteiger partial charge in [0.2, 0.25) is 0 Å². The van der Waals surface area contributed by atoms with Crippen LogP contribution in [0.15, 0.2) is 0 Å². The molecular weight excluding hydrogens is 208 g/mol. The van der Waals surface area contributed by atoms with E-state index in [9.17, 15) is 0 Å². The van der Waals surface area contributed by atoms with Crippen molar-refractivity contribution in [3.05, 3.63) is 0 Å². The Balaban J connectivity index is 1.88. The summed E-state index contributed by atoms with van der Waals surface area (Å²) in [6, 6.07) is 0.607. The molecule has 0 aromatic heterocycles. The summed E-state index contributed by atoms with van der Waals surface area (Å²) in [7, 11) is 0. The molecule has 2 heterocycles. The van der Waals surface area contributed by atoms with Crippen LogP contribution >= 0.6 is 12.2 Å². The van der Waals surface area contributed by atoms with Crippen LogP contribution in [0.5, 0.6) is 0 Å². The van der Waals surface area contributed by atoms with Crippen molar-refractivity contribution in [3.63, 3.8) is 0 Å². The minimum Gasteiger partial charge on any atom is -0.393 e. The molecule has 0 radical (unpaired) electrons. The third kappa shape index (κ3) is 2.89. The van der Waals surface area contributed by atoms with Gasteiger partial charge in [0, 0.05) is 25.1 Å². The van der Waals surface area contributed by atoms with E-state index in [4.69, 9.17) is 22.7 Å². The lowest BCUT2D eigenvalue weighted by molar-refractivity contribution is 0.00689. The van der Waals surface area contributed by atoms with Crippen LogP contribution in [0.4, 0.5) is 0 Å². The summed E-state index contributed by atoms with van der Waals surface area (Å²) < 4.78 is 5.53. The van der Waals surface area contributed by atoms with Crippen molar-refractivity contribution in [1.82, 2.24) is 4.90 Å². The lowest BCUT2D eigenvalue weighted by Gasteiger charge is -2.39. The molecule has 2 N–H and O–H groups in total. The molecule has 0 aliphatic carbocycles. The molecule has 0 aromatic carbocycles. The Kier molecular flexibility index (Phi) is 3.94. The van der Waals surface area contributed by atoms with Crippen LogP contribution in [0, 0.1) is 5.92 Å². The predicted molar refractivity (Wildman–Crippen MR) is 64.9 cm³/mol. The average molecular weight is 228 g/mol. The third-order valence-corrected chi connectivity index (χ3v) is 3.84. The fourth-order valence-corrected chi connectivity index (χ4v) is 2.77. The van der Waals surface area contributed by atoms with Gasteiger partial charge in [0.1, 0.15) is 0 Å². The molecule has 4 heteroatoms. The van der Waals surface area contributed by atoms with Crippen molar-refractivity contribution in [1.29, 1.82) is 0 Å². The molecule has 0 amide bonds. The first-order valence-corrected chi connectivity index (χ1v) is 6.29. The van der Waals surface area contributed by atoms with Gasteiger partial charge in [0.15, 0.2) is 0 Å². The van der Waals surface area contributed by atoms with Crippen molar-refractivity contribution in [2.75, 3.05) is 26.3 Å². The van der Waals surface area contributed by atoms with E-state index >= 15 is 0 Å². The molecular formula is C11H20N2OS. The predicted octanol–water partition coefficient (Wildman–Crippen LogP) is 1.16. The fourth-order valence-electron chi connectivity index (χ4n) is 2.58. The SMILES string of the molecule is NC(=S)C1CCCN(C2CCCOC2)C1. The molecule has 2 saturated heterocycles. The highest BCUT2D eigenvalue weighted by molar-refractivity contribution is 7.80. The maximum absolute atomic E-state index is 5.73. The van der Waals surface area contributed by atoms with E-state index in [0.29, 0.717) is 16.9 Å². The Bertz CT molecular complexity index is 229. The number of hydrogen-bond acceptors (Lipinski definition) is 3. The molecule has 2 fully saturated rings. The van der Waals surface area contributed by atoms with Gasteiger partial charge >= 0.3 is 0 Å². The standard InChI is InChI=1S/C11H20N2OS/c12-11(15)9-3-1-5-13(7-9)10-4-2-6-14-8-10/h9-10H,1-8H2,(H2,12,15). The van der Waals surface area contributed by atoms with Gasteiger partial charge in [-0.2, -0.15) is 0 Å². The number of ether oxygens (including phenoxy) is 1. The monoisotopic (exact) mass is 228 g/mol. The Morgan fingerprint density at radius 3 is 2.87 bits per heavy atom. The zero-order valence-electron chi connectivity index (χ0n) is 9.15. The maximum atomic E-state index is 5.73. The summed E-state index contributed by atoms with van der Waals surface area (Å²) in [4.78, 5) is 3.21. The molecule has 0 bridgehead atoms. The van der Waals surface area contributed by atoms with Gasteiger partial charge in [-0.15, -0.1) is 0 Å². The second-order valence-electron chi connectivity index (χ2n) is 4.61. The quantitative estimate of drug-likeness (QED) is 0.720. The molecule has 0 saturated carbocycles. The number of nitrogens with two attached hydrogens (primary N) is 1. The number of piperidine rings is 1. The summed E-state index contributed by atoms with van der Waals surface area (Å²) in [5.41, 5.74) is 5.73. The minimum atomic E-state index is 0.427. The van der Waals surface area contributed by atoms with E-state index in [0.717, 1.165) is 19.8 Å². The van der Waals surface area contributed by atoms with E-state index < -0.39 is 0 Å². The molecule has 15 heavy (non-hydrogen) atoms. The van der Waals surface area contributed by atoms with Crippen LogP contribution in [0.2, 0.25) is 0 Å². The highest BCUT2D eigenvalue weighted by Gasteiger charge is 2.28. The molecule has 2 aliphatic heterocycles. The summed E-state index contributed by atoms with van der Waals surface area (Å²) in [6.45, 7) is 4.06. The lowest BCUT2D eigenvalue weighted by atomic mass is 9.95. The largest absolute Gasteiger partial charge is 0.393 e. The highest BCUT2D eigenvalue weighted by atomic mass is 32.1. The van der Waals surface area contributed by atoms with Crippen molar-refractivity contribution in [2.24, 2.45) is 11.7 Å². The topological polar surface area (TPSA) is 38.5 Å². The van der Waals surface area contributed by atoms with Gasteiger partial charge in [-0.3, -0.25) is 4.90 Å². The summed E-state index contributed by atoms with van der Waals surface area (Å²) >= 11 is 5.09. The number of hydrogen-bond donors (Lipinski definition) is 1. The summed E-state index contributed by atoms with van der Waals surface area (Å²) in [5.74, 6) is 0.427. The Labute approximate surface area is 96.9 Å². The Morgan fingerprint density at radius 2 is 2.20 bits per heavy atom. The van der Waals surface area contributed by atoms with Gasteiger partial charge in [0.05, 0.1) is 11.6 Å². The van der Waals surface area contributed by atoms with Gasteiger partial charge in [-0.1, -0.05) is 12.2 Å². The maximum Gasteiger partial charge on any atom is 0.0771 e. The second kappa shape index (κ2) is 5.23. The van der Waals surface area contributed by atoms with Crippen molar-refractivity contribution < 1.29 is 4.74 Å². The van der Waals surface area contributed by atoms with Crippen LogP contribution in [0.1, 0.15) is 25.7 Å². The molecule has 2 atom stereocenters. The molecule has 0 spiro atoms. The van der Waals surface area contributed by atoms with Gasteiger partial charge in [0.25, 0.3) is 0 Å². The smallest absolute Gasteiger partial charge is 0.0771 e. The van der Waals surface area contributed by atoms with Gasteiger partial charge < -0.3 is 10.5 Å².